The third kappa shape index (κ3) is 4.26. The fraction of sp³-hybridized carbons (Fsp3) is 0.353. The molecule has 0 aliphatic carbocycles. The Hall–Kier alpha value is -2.19. The van der Waals surface area contributed by atoms with Crippen molar-refractivity contribution in [2.24, 2.45) is 0 Å². The van der Waals surface area contributed by atoms with Crippen LogP contribution in [0.2, 0.25) is 0 Å². The Morgan fingerprint density at radius 1 is 1.08 bits per heavy atom. The number of halogens is 1. The summed E-state index contributed by atoms with van der Waals surface area (Å²) in [6.45, 7) is 7.08. The van der Waals surface area contributed by atoms with Crippen molar-refractivity contribution in [2.45, 2.75) is 11.8 Å². The number of anilines is 2. The summed E-state index contributed by atoms with van der Waals surface area (Å²) in [7, 11) is -3.78. The predicted octanol–water partition coefficient (Wildman–Crippen LogP) is 2.16. The molecule has 0 amide bonds. The fourth-order valence-electron chi connectivity index (χ4n) is 2.77. The lowest BCUT2D eigenvalue weighted by Crippen LogP contribution is -2.46. The summed E-state index contributed by atoms with van der Waals surface area (Å²) < 4.78 is 39.9. The Balaban J connectivity index is 1.67. The van der Waals surface area contributed by atoms with Gasteiger partial charge in [-0.2, -0.15) is 0 Å². The van der Waals surface area contributed by atoms with Gasteiger partial charge < -0.3 is 9.80 Å². The molecule has 1 N–H and O–H groups in total. The molecule has 1 aliphatic heterocycles. The van der Waals surface area contributed by atoms with Gasteiger partial charge in [-0.25, -0.2) is 17.8 Å². The van der Waals surface area contributed by atoms with E-state index in [4.69, 9.17) is 0 Å². The highest BCUT2D eigenvalue weighted by Gasteiger charge is 2.17. The largest absolute Gasteiger partial charge is 0.368 e. The SMILES string of the molecule is CCN1CCN(c2ccc(NS(=O)(=O)c3ccc(F)cc3)nc2)CC1. The maximum absolute atomic E-state index is 12.9. The molecule has 0 saturated carbocycles. The molecule has 2 aromatic rings. The van der Waals surface area contributed by atoms with Gasteiger partial charge in [0, 0.05) is 26.2 Å². The van der Waals surface area contributed by atoms with E-state index in [1.807, 2.05) is 6.07 Å². The van der Waals surface area contributed by atoms with E-state index in [2.05, 4.69) is 26.4 Å². The van der Waals surface area contributed by atoms with Crippen molar-refractivity contribution < 1.29 is 12.8 Å². The van der Waals surface area contributed by atoms with Crippen LogP contribution in [0.4, 0.5) is 15.9 Å². The summed E-state index contributed by atoms with van der Waals surface area (Å²) in [6, 6.07) is 8.17. The van der Waals surface area contributed by atoms with Crippen LogP contribution in [0.25, 0.3) is 0 Å². The van der Waals surface area contributed by atoms with Crippen molar-refractivity contribution in [1.82, 2.24) is 9.88 Å². The van der Waals surface area contributed by atoms with E-state index in [0.29, 0.717) is 0 Å². The first kappa shape index (κ1) is 17.6. The standard InChI is InChI=1S/C17H21FN4O2S/c1-2-21-9-11-22(12-10-21)15-5-8-17(19-13-15)20-25(23,24)16-6-3-14(18)4-7-16/h3-8,13H,2,9-12H2,1H3,(H,19,20). The molecule has 1 aromatic heterocycles. The number of pyridine rings is 1. The van der Waals surface area contributed by atoms with E-state index >= 15 is 0 Å². The number of nitrogens with one attached hydrogen (secondary N) is 1. The van der Waals surface area contributed by atoms with Crippen LogP contribution in [-0.2, 0) is 10.0 Å². The van der Waals surface area contributed by atoms with Crippen LogP contribution < -0.4 is 9.62 Å². The van der Waals surface area contributed by atoms with Crippen molar-refractivity contribution in [2.75, 3.05) is 42.3 Å². The average Bonchev–Trinajstić information content (AvgIpc) is 2.62. The van der Waals surface area contributed by atoms with E-state index in [0.717, 1.165) is 50.5 Å². The number of aromatic nitrogens is 1. The Kier molecular flexibility index (Phi) is 5.19. The molecule has 134 valence electrons. The molecule has 3 rings (SSSR count). The number of sulfonamides is 1. The summed E-state index contributed by atoms with van der Waals surface area (Å²) in [5, 5.41) is 0. The van der Waals surface area contributed by atoms with Gasteiger partial charge in [0.15, 0.2) is 0 Å². The van der Waals surface area contributed by atoms with Gasteiger partial charge in [0.25, 0.3) is 10.0 Å². The Morgan fingerprint density at radius 3 is 2.32 bits per heavy atom. The van der Waals surface area contributed by atoms with Crippen LogP contribution in [0, 0.1) is 5.82 Å². The molecule has 0 bridgehead atoms. The van der Waals surface area contributed by atoms with Crippen molar-refractivity contribution in [3.05, 3.63) is 48.4 Å². The first-order valence-electron chi connectivity index (χ1n) is 8.19. The molecule has 1 fully saturated rings. The zero-order valence-electron chi connectivity index (χ0n) is 14.0. The van der Waals surface area contributed by atoms with Gasteiger partial charge in [-0.3, -0.25) is 4.72 Å². The zero-order valence-corrected chi connectivity index (χ0v) is 14.8. The lowest BCUT2D eigenvalue weighted by atomic mass is 10.3. The molecule has 25 heavy (non-hydrogen) atoms. The third-order valence-electron chi connectivity index (χ3n) is 4.30. The van der Waals surface area contributed by atoms with E-state index < -0.39 is 15.8 Å². The van der Waals surface area contributed by atoms with Crippen LogP contribution in [-0.4, -0.2) is 51.0 Å². The molecular formula is C17H21FN4O2S. The zero-order chi connectivity index (χ0) is 17.9. The van der Waals surface area contributed by atoms with Crippen LogP contribution in [0.5, 0.6) is 0 Å². The van der Waals surface area contributed by atoms with Crippen molar-refractivity contribution >= 4 is 21.5 Å². The van der Waals surface area contributed by atoms with Crippen molar-refractivity contribution in [1.29, 1.82) is 0 Å². The Labute approximate surface area is 147 Å². The molecule has 0 unspecified atom stereocenters. The maximum atomic E-state index is 12.9. The van der Waals surface area contributed by atoms with Crippen molar-refractivity contribution in [3.8, 4) is 0 Å². The van der Waals surface area contributed by atoms with Gasteiger partial charge in [-0.05, 0) is 42.9 Å². The predicted molar refractivity (Wildman–Crippen MR) is 95.8 cm³/mol. The van der Waals surface area contributed by atoms with E-state index in [1.165, 1.54) is 12.1 Å². The average molecular weight is 364 g/mol. The molecule has 6 nitrogen and oxygen atoms in total. The molecule has 0 atom stereocenters. The monoisotopic (exact) mass is 364 g/mol. The number of piperazine rings is 1. The van der Waals surface area contributed by atoms with Gasteiger partial charge in [0.1, 0.15) is 11.6 Å². The highest BCUT2D eigenvalue weighted by Crippen LogP contribution is 2.19. The fourth-order valence-corrected chi connectivity index (χ4v) is 3.77. The quantitative estimate of drug-likeness (QED) is 0.881. The maximum Gasteiger partial charge on any atom is 0.263 e. The van der Waals surface area contributed by atoms with Gasteiger partial charge in [-0.15, -0.1) is 0 Å². The van der Waals surface area contributed by atoms with Crippen LogP contribution in [0.1, 0.15) is 6.92 Å². The molecule has 1 saturated heterocycles. The highest BCUT2D eigenvalue weighted by atomic mass is 32.2. The van der Waals surface area contributed by atoms with E-state index in [9.17, 15) is 12.8 Å². The summed E-state index contributed by atoms with van der Waals surface area (Å²) in [5.41, 5.74) is 0.973. The normalized spacial score (nSPS) is 16.0. The summed E-state index contributed by atoms with van der Waals surface area (Å²) in [4.78, 5) is 8.82. The second kappa shape index (κ2) is 7.37. The second-order valence-corrected chi connectivity index (χ2v) is 7.56. The summed E-state index contributed by atoms with van der Waals surface area (Å²) in [5.74, 6) is -0.245. The molecule has 1 aliphatic rings. The van der Waals surface area contributed by atoms with Gasteiger partial charge >= 0.3 is 0 Å². The highest BCUT2D eigenvalue weighted by molar-refractivity contribution is 7.92. The lowest BCUT2D eigenvalue weighted by Gasteiger charge is -2.35. The smallest absolute Gasteiger partial charge is 0.263 e. The summed E-state index contributed by atoms with van der Waals surface area (Å²) >= 11 is 0. The minimum atomic E-state index is -3.78. The first-order valence-corrected chi connectivity index (χ1v) is 9.68. The van der Waals surface area contributed by atoms with Crippen molar-refractivity contribution in [3.63, 3.8) is 0 Å². The minimum absolute atomic E-state index is 0.00420. The van der Waals surface area contributed by atoms with E-state index in [-0.39, 0.29) is 10.7 Å². The van der Waals surface area contributed by atoms with Gasteiger partial charge in [-0.1, -0.05) is 6.92 Å². The molecule has 8 heteroatoms. The third-order valence-corrected chi connectivity index (χ3v) is 5.67. The Morgan fingerprint density at radius 2 is 1.76 bits per heavy atom. The number of benzene rings is 1. The first-order chi connectivity index (χ1) is 12.0. The summed E-state index contributed by atoms with van der Waals surface area (Å²) in [6.07, 6.45) is 1.67. The molecular weight excluding hydrogens is 343 g/mol. The number of rotatable bonds is 5. The van der Waals surface area contributed by atoms with Gasteiger partial charge in [0.2, 0.25) is 0 Å². The van der Waals surface area contributed by atoms with Crippen LogP contribution >= 0.6 is 0 Å². The Bertz CT molecular complexity index is 802. The number of likely N-dealkylation sites (N-methyl/N-ethyl adjacent to an activating group) is 1. The number of nitrogens with zero attached hydrogens (tertiary/aromatic N) is 3. The number of hydrogen-bond acceptors (Lipinski definition) is 5. The topological polar surface area (TPSA) is 65.5 Å². The van der Waals surface area contributed by atoms with Crippen LogP contribution in [0.15, 0.2) is 47.5 Å². The van der Waals surface area contributed by atoms with Gasteiger partial charge in [0.05, 0.1) is 16.8 Å². The molecule has 1 aromatic carbocycles. The molecule has 2 heterocycles. The molecule has 0 spiro atoms. The molecule has 0 radical (unpaired) electrons. The van der Waals surface area contributed by atoms with E-state index in [1.54, 1.807) is 12.3 Å². The minimum Gasteiger partial charge on any atom is -0.368 e. The van der Waals surface area contributed by atoms with Crippen LogP contribution in [0.3, 0.4) is 0 Å². The second-order valence-electron chi connectivity index (χ2n) is 5.88. The number of hydrogen-bond donors (Lipinski definition) is 1. The lowest BCUT2D eigenvalue weighted by molar-refractivity contribution is 0.271.